The number of esters is 2. The number of rotatable bonds is 13. The van der Waals surface area contributed by atoms with Crippen LogP contribution in [0.2, 0.25) is 0 Å². The number of ether oxygens (including phenoxy) is 2. The second kappa shape index (κ2) is 14.5. The van der Waals surface area contributed by atoms with Crippen LogP contribution in [-0.4, -0.2) is 60.9 Å². The zero-order valence-corrected chi connectivity index (χ0v) is 19.8. The molecule has 0 radical (unpaired) electrons. The van der Waals surface area contributed by atoms with Crippen LogP contribution >= 0.6 is 0 Å². The molecule has 0 heterocycles. The summed E-state index contributed by atoms with van der Waals surface area (Å²) in [7, 11) is 2.58. The number of amides is 2. The predicted molar refractivity (Wildman–Crippen MR) is 126 cm³/mol. The molecule has 0 aliphatic rings. The first-order valence-corrected chi connectivity index (χ1v) is 11.2. The molecule has 8 nitrogen and oxygen atoms in total. The minimum atomic E-state index is -0.447. The van der Waals surface area contributed by atoms with Crippen molar-refractivity contribution in [2.75, 3.05) is 27.3 Å². The second-order valence-corrected chi connectivity index (χ2v) is 7.75. The van der Waals surface area contributed by atoms with Gasteiger partial charge in [-0.25, -0.2) is 0 Å². The molecule has 0 N–H and O–H groups in total. The third kappa shape index (κ3) is 9.44. The molecule has 2 amide bonds. The Morgan fingerprint density at radius 2 is 0.941 bits per heavy atom. The summed E-state index contributed by atoms with van der Waals surface area (Å²) >= 11 is 0. The highest BCUT2D eigenvalue weighted by molar-refractivity contribution is 5.82. The van der Waals surface area contributed by atoms with Gasteiger partial charge in [-0.2, -0.15) is 0 Å². The lowest BCUT2D eigenvalue weighted by atomic mass is 10.1. The highest BCUT2D eigenvalue weighted by Crippen LogP contribution is 2.11. The standard InChI is InChI=1S/C26H32N2O6/c1-33-25(31)15-13-23(29)27(19-21-9-5-3-6-10-21)17-18-28(20-22-11-7-4-8-12-22)24(30)14-16-26(32)34-2/h3-12H,13-20H2,1-2H3. The van der Waals surface area contributed by atoms with Gasteiger partial charge in [0.05, 0.1) is 27.1 Å². The van der Waals surface area contributed by atoms with E-state index in [1.807, 2.05) is 60.7 Å². The largest absolute Gasteiger partial charge is 0.469 e. The van der Waals surface area contributed by atoms with E-state index in [1.165, 1.54) is 14.2 Å². The molecular formula is C26H32N2O6. The molecule has 0 aliphatic carbocycles. The van der Waals surface area contributed by atoms with Gasteiger partial charge in [0.25, 0.3) is 0 Å². The molecule has 0 spiro atoms. The summed E-state index contributed by atoms with van der Waals surface area (Å²) in [6.07, 6.45) is 0.0295. The topological polar surface area (TPSA) is 93.2 Å². The normalized spacial score (nSPS) is 10.3. The van der Waals surface area contributed by atoms with Crippen molar-refractivity contribution in [3.05, 3.63) is 71.8 Å². The van der Waals surface area contributed by atoms with Crippen LogP contribution < -0.4 is 0 Å². The first-order chi connectivity index (χ1) is 16.4. The molecule has 0 bridgehead atoms. The third-order valence-electron chi connectivity index (χ3n) is 5.32. The number of methoxy groups -OCH3 is 2. The fourth-order valence-electron chi connectivity index (χ4n) is 3.37. The summed E-state index contributed by atoms with van der Waals surface area (Å²) in [4.78, 5) is 52.2. The van der Waals surface area contributed by atoms with Crippen LogP contribution in [0.1, 0.15) is 36.8 Å². The summed E-state index contributed by atoms with van der Waals surface area (Å²) < 4.78 is 9.30. The van der Waals surface area contributed by atoms with Gasteiger partial charge in [0.2, 0.25) is 11.8 Å². The van der Waals surface area contributed by atoms with E-state index < -0.39 is 11.9 Å². The summed E-state index contributed by atoms with van der Waals surface area (Å²) in [5, 5.41) is 0. The van der Waals surface area contributed by atoms with E-state index in [-0.39, 0.29) is 50.6 Å². The number of benzene rings is 2. The van der Waals surface area contributed by atoms with E-state index in [4.69, 9.17) is 0 Å². The number of nitrogens with zero attached hydrogens (tertiary/aromatic N) is 2. The van der Waals surface area contributed by atoms with E-state index in [1.54, 1.807) is 9.80 Å². The Hall–Kier alpha value is -3.68. The maximum Gasteiger partial charge on any atom is 0.306 e. The van der Waals surface area contributed by atoms with E-state index in [0.717, 1.165) is 11.1 Å². The summed E-state index contributed by atoms with van der Waals surface area (Å²) in [6.45, 7) is 1.28. The van der Waals surface area contributed by atoms with Crippen molar-refractivity contribution in [2.24, 2.45) is 0 Å². The molecule has 0 aliphatic heterocycles. The van der Waals surface area contributed by atoms with Gasteiger partial charge in [0, 0.05) is 39.0 Å². The molecule has 34 heavy (non-hydrogen) atoms. The molecule has 2 aromatic rings. The van der Waals surface area contributed by atoms with Crippen LogP contribution in [0.5, 0.6) is 0 Å². The van der Waals surface area contributed by atoms with Crippen LogP contribution in [0.4, 0.5) is 0 Å². The molecule has 2 aromatic carbocycles. The number of carbonyl (C=O) groups is 4. The van der Waals surface area contributed by atoms with Crippen LogP contribution in [0.25, 0.3) is 0 Å². The molecule has 0 unspecified atom stereocenters. The van der Waals surface area contributed by atoms with Gasteiger partial charge in [-0.3, -0.25) is 19.2 Å². The molecule has 0 saturated carbocycles. The number of hydrogen-bond acceptors (Lipinski definition) is 6. The van der Waals surface area contributed by atoms with E-state index in [9.17, 15) is 19.2 Å². The van der Waals surface area contributed by atoms with Crippen molar-refractivity contribution in [1.29, 1.82) is 0 Å². The minimum absolute atomic E-state index is 0.00753. The quantitative estimate of drug-likeness (QED) is 0.420. The Labute approximate surface area is 200 Å². The highest BCUT2D eigenvalue weighted by atomic mass is 16.5. The Morgan fingerprint density at radius 3 is 1.26 bits per heavy atom. The average Bonchev–Trinajstić information content (AvgIpc) is 2.87. The van der Waals surface area contributed by atoms with Crippen molar-refractivity contribution < 1.29 is 28.7 Å². The first kappa shape index (κ1) is 26.6. The van der Waals surface area contributed by atoms with Crippen molar-refractivity contribution in [2.45, 2.75) is 38.8 Å². The minimum Gasteiger partial charge on any atom is -0.469 e. The van der Waals surface area contributed by atoms with Gasteiger partial charge in [-0.1, -0.05) is 60.7 Å². The van der Waals surface area contributed by atoms with Crippen molar-refractivity contribution >= 4 is 23.8 Å². The third-order valence-corrected chi connectivity index (χ3v) is 5.32. The summed E-state index contributed by atoms with van der Waals surface area (Å²) in [6, 6.07) is 19.0. The van der Waals surface area contributed by atoms with Crippen LogP contribution in [0.3, 0.4) is 0 Å². The molecule has 8 heteroatoms. The Morgan fingerprint density at radius 1 is 0.588 bits per heavy atom. The van der Waals surface area contributed by atoms with Crippen molar-refractivity contribution in [3.63, 3.8) is 0 Å². The van der Waals surface area contributed by atoms with Gasteiger partial charge < -0.3 is 19.3 Å². The maximum absolute atomic E-state index is 12.9. The SMILES string of the molecule is COC(=O)CCC(=O)N(CCN(Cc1ccccc1)C(=O)CCC(=O)OC)Cc1ccccc1. The molecule has 0 saturated heterocycles. The Kier molecular flexibility index (Phi) is 11.3. The molecule has 0 atom stereocenters. The first-order valence-electron chi connectivity index (χ1n) is 11.2. The lowest BCUT2D eigenvalue weighted by Gasteiger charge is -2.28. The lowest BCUT2D eigenvalue weighted by Crippen LogP contribution is -2.40. The summed E-state index contributed by atoms with van der Waals surface area (Å²) in [5.74, 6) is -1.29. The fourth-order valence-corrected chi connectivity index (χ4v) is 3.37. The highest BCUT2D eigenvalue weighted by Gasteiger charge is 2.20. The van der Waals surface area contributed by atoms with Gasteiger partial charge >= 0.3 is 11.9 Å². The zero-order valence-electron chi connectivity index (χ0n) is 19.8. The fraction of sp³-hybridized carbons (Fsp3) is 0.385. The van der Waals surface area contributed by atoms with Gasteiger partial charge in [0.15, 0.2) is 0 Å². The van der Waals surface area contributed by atoms with E-state index in [2.05, 4.69) is 9.47 Å². The Balaban J connectivity index is 2.12. The molecule has 182 valence electrons. The van der Waals surface area contributed by atoms with Gasteiger partial charge in [0.1, 0.15) is 0 Å². The van der Waals surface area contributed by atoms with Crippen molar-refractivity contribution in [3.8, 4) is 0 Å². The van der Waals surface area contributed by atoms with Crippen LogP contribution in [0.15, 0.2) is 60.7 Å². The molecule has 0 fully saturated rings. The van der Waals surface area contributed by atoms with E-state index in [0.29, 0.717) is 13.1 Å². The maximum atomic E-state index is 12.9. The van der Waals surface area contributed by atoms with Crippen LogP contribution in [0, 0.1) is 0 Å². The smallest absolute Gasteiger partial charge is 0.306 e. The predicted octanol–water partition coefficient (Wildman–Crippen LogP) is 2.95. The molecule has 2 rings (SSSR count). The lowest BCUT2D eigenvalue weighted by molar-refractivity contribution is -0.144. The van der Waals surface area contributed by atoms with Gasteiger partial charge in [-0.15, -0.1) is 0 Å². The number of carbonyl (C=O) groups excluding carboxylic acids is 4. The zero-order chi connectivity index (χ0) is 24.8. The molecule has 0 aromatic heterocycles. The van der Waals surface area contributed by atoms with E-state index >= 15 is 0 Å². The monoisotopic (exact) mass is 468 g/mol. The second-order valence-electron chi connectivity index (χ2n) is 7.75. The average molecular weight is 469 g/mol. The summed E-state index contributed by atoms with van der Waals surface area (Å²) in [5.41, 5.74) is 1.89. The van der Waals surface area contributed by atoms with Gasteiger partial charge in [-0.05, 0) is 11.1 Å². The molecular weight excluding hydrogens is 436 g/mol. The Bertz CT molecular complexity index is 855. The van der Waals surface area contributed by atoms with Crippen LogP contribution in [-0.2, 0) is 41.7 Å². The van der Waals surface area contributed by atoms with Crippen molar-refractivity contribution in [1.82, 2.24) is 9.80 Å². The number of hydrogen-bond donors (Lipinski definition) is 0.